The van der Waals surface area contributed by atoms with Crippen molar-refractivity contribution in [3.05, 3.63) is 90.3 Å². The number of benzene rings is 1. The van der Waals surface area contributed by atoms with Gasteiger partial charge in [-0.2, -0.15) is 5.10 Å². The monoisotopic (exact) mass is 593 g/mol. The summed E-state index contributed by atoms with van der Waals surface area (Å²) in [5.41, 5.74) is 5.99. The predicted molar refractivity (Wildman–Crippen MR) is 144 cm³/mol. The lowest BCUT2D eigenvalue weighted by molar-refractivity contribution is -0.141. The molecule has 4 aromatic heterocycles. The number of methoxy groups -OCH3 is 1. The minimum atomic E-state index is -0.267. The van der Waals surface area contributed by atoms with Gasteiger partial charge in [0.2, 0.25) is 0 Å². The molecule has 0 spiro atoms. The predicted octanol–water partition coefficient (Wildman–Crippen LogP) is 4.95. The van der Waals surface area contributed by atoms with E-state index in [-0.39, 0.29) is 18.4 Å². The van der Waals surface area contributed by atoms with Crippen molar-refractivity contribution >= 4 is 34.5 Å². The first-order chi connectivity index (χ1) is 17.5. The third-order valence-corrected chi connectivity index (χ3v) is 6.87. The van der Waals surface area contributed by atoms with Crippen LogP contribution in [-0.4, -0.2) is 45.7 Å². The van der Waals surface area contributed by atoms with Gasteiger partial charge in [0.1, 0.15) is 17.8 Å². The highest BCUT2D eigenvalue weighted by Gasteiger charge is 2.25. The van der Waals surface area contributed by atoms with E-state index in [0.717, 1.165) is 45.4 Å². The van der Waals surface area contributed by atoms with Crippen molar-refractivity contribution < 1.29 is 9.53 Å². The molecule has 0 aliphatic rings. The Hall–Kier alpha value is -3.64. The van der Waals surface area contributed by atoms with Gasteiger partial charge in [-0.3, -0.25) is 9.78 Å². The first-order valence-corrected chi connectivity index (χ1v) is 12.3. The third kappa shape index (κ3) is 5.14. The summed E-state index contributed by atoms with van der Waals surface area (Å²) in [4.78, 5) is 29.6. The van der Waals surface area contributed by atoms with Gasteiger partial charge in [0.05, 0.1) is 37.5 Å². The largest absolute Gasteiger partial charge is 0.469 e. The summed E-state index contributed by atoms with van der Waals surface area (Å²) in [6.07, 6.45) is 3.68. The number of hydrogen-bond donors (Lipinski definition) is 1. The Balaban J connectivity index is 1.53. The first kappa shape index (κ1) is 24.1. The molecule has 0 amide bonds. The van der Waals surface area contributed by atoms with Crippen LogP contribution in [0, 0.1) is 6.92 Å². The van der Waals surface area contributed by atoms with E-state index in [2.05, 4.69) is 41.0 Å². The molecule has 5 aromatic rings. The number of H-pyrrole nitrogens is 1. The second kappa shape index (κ2) is 10.5. The summed E-state index contributed by atoms with van der Waals surface area (Å²) >= 11 is 2.25. The highest BCUT2D eigenvalue weighted by Crippen LogP contribution is 2.33. The summed E-state index contributed by atoms with van der Waals surface area (Å²) in [5.74, 6) is 0.485. The number of hydrogen-bond acceptors (Lipinski definition) is 7. The van der Waals surface area contributed by atoms with Crippen LogP contribution in [0.1, 0.15) is 29.5 Å². The number of carbonyl (C=O) groups is 1. The van der Waals surface area contributed by atoms with Crippen LogP contribution in [0.2, 0.25) is 0 Å². The van der Waals surface area contributed by atoms with Crippen molar-refractivity contribution in [2.24, 2.45) is 0 Å². The average molecular weight is 593 g/mol. The van der Waals surface area contributed by atoms with E-state index in [9.17, 15) is 4.79 Å². The summed E-state index contributed by atoms with van der Waals surface area (Å²) in [6, 6.07) is 19.6. The zero-order valence-corrected chi connectivity index (χ0v) is 22.0. The van der Waals surface area contributed by atoms with Gasteiger partial charge in [-0.05, 0) is 36.8 Å². The number of carbonyl (C=O) groups excluding carboxylic acids is 1. The smallest absolute Gasteiger partial charge is 0.307 e. The van der Waals surface area contributed by atoms with Crippen molar-refractivity contribution in [3.63, 3.8) is 0 Å². The van der Waals surface area contributed by atoms with Gasteiger partial charge in [-0.15, -0.1) is 0 Å². The molecule has 0 bridgehead atoms. The Morgan fingerprint density at radius 2 is 1.94 bits per heavy atom. The summed E-state index contributed by atoms with van der Waals surface area (Å²) in [7, 11) is 1.41. The van der Waals surface area contributed by atoms with Gasteiger partial charge in [-0.1, -0.05) is 36.4 Å². The van der Waals surface area contributed by atoms with E-state index in [0.29, 0.717) is 6.54 Å². The molecule has 0 fully saturated rings. The number of aromatic amines is 1. The quantitative estimate of drug-likeness (QED) is 0.155. The van der Waals surface area contributed by atoms with Crippen molar-refractivity contribution in [1.82, 2.24) is 32.7 Å². The zero-order valence-electron chi connectivity index (χ0n) is 19.8. The fraction of sp³-hybridized carbons (Fsp3) is 0.192. The molecule has 36 heavy (non-hydrogen) atoms. The van der Waals surface area contributed by atoms with Crippen molar-refractivity contribution in [2.45, 2.75) is 25.9 Å². The highest BCUT2D eigenvalue weighted by atomic mass is 127. The van der Waals surface area contributed by atoms with Crippen LogP contribution in [-0.2, 0) is 16.1 Å². The molecule has 1 aromatic carbocycles. The molecule has 10 heteroatoms. The normalized spacial score (nSPS) is 12.2. The van der Waals surface area contributed by atoms with Gasteiger partial charge in [0.15, 0.2) is 5.65 Å². The molecule has 4 heterocycles. The number of pyridine rings is 2. The number of nitrogens with zero attached hydrogens (tertiary/aromatic N) is 6. The Bertz CT molecular complexity index is 1500. The van der Waals surface area contributed by atoms with Crippen LogP contribution in [0.15, 0.2) is 73.2 Å². The number of aryl methyl sites for hydroxylation is 1. The Kier molecular flexibility index (Phi) is 7.05. The number of rotatable bonds is 8. The molecular weight excluding hydrogens is 569 g/mol. The van der Waals surface area contributed by atoms with Gasteiger partial charge in [-0.25, -0.2) is 17.6 Å². The van der Waals surface area contributed by atoms with Crippen LogP contribution in [0.4, 0.5) is 0 Å². The second-order valence-electron chi connectivity index (χ2n) is 8.32. The molecule has 0 saturated heterocycles. The zero-order chi connectivity index (χ0) is 25.1. The van der Waals surface area contributed by atoms with Gasteiger partial charge in [0.25, 0.3) is 0 Å². The molecule has 0 aliphatic heterocycles. The molecule has 1 N–H and O–H groups in total. The molecule has 182 valence electrons. The first-order valence-electron chi connectivity index (χ1n) is 11.4. The maximum Gasteiger partial charge on any atom is 0.307 e. The van der Waals surface area contributed by atoms with E-state index in [1.807, 2.05) is 73.8 Å². The summed E-state index contributed by atoms with van der Waals surface area (Å²) < 4.78 is 8.77. The lowest BCUT2D eigenvalue weighted by Crippen LogP contribution is -2.22. The fourth-order valence-electron chi connectivity index (χ4n) is 4.08. The van der Waals surface area contributed by atoms with E-state index >= 15 is 0 Å². The van der Waals surface area contributed by atoms with E-state index in [4.69, 9.17) is 14.7 Å². The number of nitrogens with one attached hydrogen (secondary N) is 1. The SMILES string of the molecule is COC(=O)CC(c1ccccc1)N(I)Cc1nc(-c2cccc(C)n2)c(-c2ccc3ncnn3c2)[nH]1. The van der Waals surface area contributed by atoms with Crippen LogP contribution in [0.25, 0.3) is 28.3 Å². The number of halogens is 1. The molecule has 9 nitrogen and oxygen atoms in total. The number of aromatic nitrogens is 6. The van der Waals surface area contributed by atoms with Crippen molar-refractivity contribution in [1.29, 1.82) is 0 Å². The minimum absolute atomic E-state index is 0.181. The van der Waals surface area contributed by atoms with Crippen LogP contribution < -0.4 is 0 Å². The Morgan fingerprint density at radius 1 is 1.11 bits per heavy atom. The average Bonchev–Trinajstić information content (AvgIpc) is 3.54. The summed E-state index contributed by atoms with van der Waals surface area (Å²) in [5, 5.41) is 4.27. The molecular formula is C26H24IN7O2. The number of ether oxygens (including phenoxy) is 1. The standard InChI is InChI=1S/C26H24IN7O2/c1-17-7-6-10-20(30-17)26-25(19-11-12-23-28-16-29-34(23)14-19)31-22(32-26)15-33(27)21(13-24(35)36-2)18-8-4-3-5-9-18/h3-12,14,16,21H,13,15H2,1-2H3,(H,31,32). The Labute approximate surface area is 222 Å². The van der Waals surface area contributed by atoms with Crippen LogP contribution >= 0.6 is 22.9 Å². The lowest BCUT2D eigenvalue weighted by atomic mass is 10.0. The molecule has 0 saturated carbocycles. The Morgan fingerprint density at radius 3 is 2.72 bits per heavy atom. The number of fused-ring (bicyclic) bond motifs is 1. The van der Waals surface area contributed by atoms with E-state index in [1.165, 1.54) is 13.4 Å². The number of imidazole rings is 1. The number of esters is 1. The molecule has 1 unspecified atom stereocenters. The van der Waals surface area contributed by atoms with E-state index < -0.39 is 0 Å². The molecule has 5 rings (SSSR count). The lowest BCUT2D eigenvalue weighted by Gasteiger charge is -2.25. The summed E-state index contributed by atoms with van der Waals surface area (Å²) in [6.45, 7) is 2.43. The van der Waals surface area contributed by atoms with Gasteiger partial charge < -0.3 is 9.72 Å². The van der Waals surface area contributed by atoms with Crippen LogP contribution in [0.3, 0.4) is 0 Å². The van der Waals surface area contributed by atoms with E-state index in [1.54, 1.807) is 4.52 Å². The van der Waals surface area contributed by atoms with Crippen LogP contribution in [0.5, 0.6) is 0 Å². The van der Waals surface area contributed by atoms with Gasteiger partial charge in [0, 0.05) is 40.3 Å². The van der Waals surface area contributed by atoms with Gasteiger partial charge >= 0.3 is 5.97 Å². The highest BCUT2D eigenvalue weighted by molar-refractivity contribution is 14.1. The van der Waals surface area contributed by atoms with Crippen molar-refractivity contribution in [3.8, 4) is 22.6 Å². The second-order valence-corrected chi connectivity index (χ2v) is 9.56. The third-order valence-electron chi connectivity index (χ3n) is 5.86. The molecule has 0 radical (unpaired) electrons. The fourth-order valence-corrected chi connectivity index (χ4v) is 4.92. The minimum Gasteiger partial charge on any atom is -0.469 e. The topological polar surface area (TPSA) is 101 Å². The molecule has 0 aliphatic carbocycles. The maximum atomic E-state index is 12.2. The van der Waals surface area contributed by atoms with Crippen molar-refractivity contribution in [2.75, 3.05) is 7.11 Å². The maximum absolute atomic E-state index is 12.2. The molecule has 1 atom stereocenters.